The van der Waals surface area contributed by atoms with Crippen molar-refractivity contribution in [1.82, 2.24) is 9.80 Å². The number of benzene rings is 2. The fourth-order valence-corrected chi connectivity index (χ4v) is 3.79. The number of hydrogen-bond acceptors (Lipinski definition) is 6. The zero-order valence-electron chi connectivity index (χ0n) is 19.1. The van der Waals surface area contributed by atoms with Gasteiger partial charge in [0, 0.05) is 38.2 Å². The Hall–Kier alpha value is -3.42. The topological polar surface area (TPSA) is 77.5 Å². The highest BCUT2D eigenvalue weighted by Crippen LogP contribution is 2.38. The molecular formula is C24H30N2O6. The van der Waals surface area contributed by atoms with Crippen LogP contribution in [0.25, 0.3) is 0 Å². The molecule has 32 heavy (non-hydrogen) atoms. The van der Waals surface area contributed by atoms with Gasteiger partial charge in [-0.2, -0.15) is 0 Å². The molecule has 1 heterocycles. The molecule has 2 aromatic carbocycles. The van der Waals surface area contributed by atoms with Crippen LogP contribution in [-0.4, -0.2) is 76.2 Å². The molecule has 0 spiro atoms. The SMILES string of the molecule is COc1cccc(C(=O)N2CCN(C(=O)CCc3cc(OC)c(OC)c(OC)c3)CC2)c1. The zero-order chi connectivity index (χ0) is 23.1. The Morgan fingerprint density at radius 3 is 2.00 bits per heavy atom. The molecular weight excluding hydrogens is 412 g/mol. The van der Waals surface area contributed by atoms with Crippen LogP contribution < -0.4 is 18.9 Å². The van der Waals surface area contributed by atoms with Crippen molar-refractivity contribution < 1.29 is 28.5 Å². The lowest BCUT2D eigenvalue weighted by molar-refractivity contribution is -0.132. The number of hydrogen-bond donors (Lipinski definition) is 0. The molecule has 0 radical (unpaired) electrons. The second-order valence-electron chi connectivity index (χ2n) is 7.44. The van der Waals surface area contributed by atoms with Crippen LogP contribution in [0, 0.1) is 0 Å². The quantitative estimate of drug-likeness (QED) is 0.626. The lowest BCUT2D eigenvalue weighted by Crippen LogP contribution is -2.50. The largest absolute Gasteiger partial charge is 0.497 e. The highest BCUT2D eigenvalue weighted by molar-refractivity contribution is 5.94. The smallest absolute Gasteiger partial charge is 0.254 e. The van der Waals surface area contributed by atoms with Crippen molar-refractivity contribution in [3.05, 3.63) is 47.5 Å². The van der Waals surface area contributed by atoms with Crippen molar-refractivity contribution in [1.29, 1.82) is 0 Å². The predicted octanol–water partition coefficient (Wildman–Crippen LogP) is 2.64. The molecule has 172 valence electrons. The minimum atomic E-state index is -0.0478. The van der Waals surface area contributed by atoms with Crippen LogP contribution in [0.2, 0.25) is 0 Å². The first-order valence-electron chi connectivity index (χ1n) is 10.5. The summed E-state index contributed by atoms with van der Waals surface area (Å²) in [4.78, 5) is 29.1. The molecule has 0 aliphatic carbocycles. The summed E-state index contributed by atoms with van der Waals surface area (Å²) in [6, 6.07) is 10.8. The molecule has 0 atom stereocenters. The van der Waals surface area contributed by atoms with Gasteiger partial charge in [-0.15, -0.1) is 0 Å². The molecule has 1 aliphatic heterocycles. The molecule has 8 heteroatoms. The van der Waals surface area contributed by atoms with E-state index < -0.39 is 0 Å². The van der Waals surface area contributed by atoms with E-state index in [9.17, 15) is 9.59 Å². The van der Waals surface area contributed by atoms with E-state index in [-0.39, 0.29) is 11.8 Å². The summed E-state index contributed by atoms with van der Waals surface area (Å²) < 4.78 is 21.3. The average Bonchev–Trinajstić information content (AvgIpc) is 2.86. The summed E-state index contributed by atoms with van der Waals surface area (Å²) in [7, 11) is 6.27. The fraction of sp³-hybridized carbons (Fsp3) is 0.417. The molecule has 1 saturated heterocycles. The molecule has 0 N–H and O–H groups in total. The third-order valence-corrected chi connectivity index (χ3v) is 5.59. The van der Waals surface area contributed by atoms with Gasteiger partial charge in [0.2, 0.25) is 11.7 Å². The maximum Gasteiger partial charge on any atom is 0.254 e. The van der Waals surface area contributed by atoms with Crippen LogP contribution in [0.5, 0.6) is 23.0 Å². The Morgan fingerprint density at radius 1 is 0.812 bits per heavy atom. The first-order valence-corrected chi connectivity index (χ1v) is 10.5. The number of piperazine rings is 1. The van der Waals surface area contributed by atoms with Gasteiger partial charge in [-0.05, 0) is 42.3 Å². The Labute approximate surface area is 188 Å². The predicted molar refractivity (Wildman–Crippen MR) is 120 cm³/mol. The summed E-state index contributed by atoms with van der Waals surface area (Å²) in [5, 5.41) is 0. The van der Waals surface area contributed by atoms with Gasteiger partial charge in [0.05, 0.1) is 28.4 Å². The lowest BCUT2D eigenvalue weighted by Gasteiger charge is -2.35. The number of aryl methyl sites for hydroxylation is 1. The number of carbonyl (C=O) groups is 2. The minimum Gasteiger partial charge on any atom is -0.497 e. The van der Waals surface area contributed by atoms with Gasteiger partial charge >= 0.3 is 0 Å². The fourth-order valence-electron chi connectivity index (χ4n) is 3.79. The highest BCUT2D eigenvalue weighted by Gasteiger charge is 2.25. The van der Waals surface area contributed by atoms with Crippen LogP contribution >= 0.6 is 0 Å². The third-order valence-electron chi connectivity index (χ3n) is 5.59. The lowest BCUT2D eigenvalue weighted by atomic mass is 10.1. The van der Waals surface area contributed by atoms with Crippen molar-refractivity contribution >= 4 is 11.8 Å². The van der Waals surface area contributed by atoms with Gasteiger partial charge in [0.15, 0.2) is 11.5 Å². The third kappa shape index (κ3) is 5.25. The van der Waals surface area contributed by atoms with E-state index in [0.29, 0.717) is 67.6 Å². The Balaban J connectivity index is 1.55. The summed E-state index contributed by atoms with van der Waals surface area (Å²) >= 11 is 0. The molecule has 0 aromatic heterocycles. The summed E-state index contributed by atoms with van der Waals surface area (Å²) in [5.41, 5.74) is 1.52. The maximum atomic E-state index is 12.8. The van der Waals surface area contributed by atoms with Gasteiger partial charge in [-0.1, -0.05) is 6.07 Å². The number of carbonyl (C=O) groups excluding carboxylic acids is 2. The molecule has 0 saturated carbocycles. The number of ether oxygens (including phenoxy) is 4. The standard InChI is InChI=1S/C24H30N2O6/c1-29-19-7-5-6-18(16-19)24(28)26-12-10-25(11-13-26)22(27)9-8-17-14-20(30-2)23(32-4)21(15-17)31-3/h5-7,14-16H,8-13H2,1-4H3. The first-order chi connectivity index (χ1) is 15.5. The first kappa shape index (κ1) is 23.2. The van der Waals surface area contributed by atoms with Crippen LogP contribution in [-0.2, 0) is 11.2 Å². The normalized spacial score (nSPS) is 13.5. The van der Waals surface area contributed by atoms with Crippen molar-refractivity contribution in [3.63, 3.8) is 0 Å². The number of rotatable bonds is 8. The summed E-state index contributed by atoms with van der Waals surface area (Å²) in [6.45, 7) is 2.05. The second kappa shape index (κ2) is 10.7. The van der Waals surface area contributed by atoms with Crippen molar-refractivity contribution in [2.45, 2.75) is 12.8 Å². The minimum absolute atomic E-state index is 0.0478. The summed E-state index contributed by atoms with van der Waals surface area (Å²) in [6.07, 6.45) is 0.918. The van der Waals surface area contributed by atoms with E-state index >= 15 is 0 Å². The van der Waals surface area contributed by atoms with Gasteiger partial charge in [0.25, 0.3) is 5.91 Å². The molecule has 3 rings (SSSR count). The van der Waals surface area contributed by atoms with E-state index in [2.05, 4.69) is 0 Å². The van der Waals surface area contributed by atoms with Gasteiger partial charge in [-0.25, -0.2) is 0 Å². The van der Waals surface area contributed by atoms with Crippen molar-refractivity contribution in [3.8, 4) is 23.0 Å². The Bertz CT molecular complexity index is 928. The molecule has 8 nitrogen and oxygen atoms in total. The molecule has 1 fully saturated rings. The Morgan fingerprint density at radius 2 is 1.44 bits per heavy atom. The van der Waals surface area contributed by atoms with Crippen LogP contribution in [0.15, 0.2) is 36.4 Å². The molecule has 2 amide bonds. The number of amides is 2. The van der Waals surface area contributed by atoms with Gasteiger partial charge in [-0.3, -0.25) is 9.59 Å². The molecule has 1 aliphatic rings. The highest BCUT2D eigenvalue weighted by atomic mass is 16.5. The monoisotopic (exact) mass is 442 g/mol. The van der Waals surface area contributed by atoms with Gasteiger partial charge < -0.3 is 28.7 Å². The van der Waals surface area contributed by atoms with E-state index in [0.717, 1.165) is 5.56 Å². The van der Waals surface area contributed by atoms with Crippen LogP contribution in [0.1, 0.15) is 22.3 Å². The van der Waals surface area contributed by atoms with Gasteiger partial charge in [0.1, 0.15) is 5.75 Å². The van der Waals surface area contributed by atoms with E-state index in [1.165, 1.54) is 0 Å². The zero-order valence-corrected chi connectivity index (χ0v) is 19.1. The maximum absolute atomic E-state index is 12.8. The van der Waals surface area contributed by atoms with Crippen molar-refractivity contribution in [2.75, 3.05) is 54.6 Å². The number of nitrogens with zero attached hydrogens (tertiary/aromatic N) is 2. The second-order valence-corrected chi connectivity index (χ2v) is 7.44. The Kier molecular flexibility index (Phi) is 7.81. The average molecular weight is 443 g/mol. The number of methoxy groups -OCH3 is 4. The van der Waals surface area contributed by atoms with E-state index in [1.807, 2.05) is 17.0 Å². The summed E-state index contributed by atoms with van der Waals surface area (Å²) in [5.74, 6) is 2.33. The van der Waals surface area contributed by atoms with Crippen molar-refractivity contribution in [2.24, 2.45) is 0 Å². The van der Waals surface area contributed by atoms with Crippen LogP contribution in [0.3, 0.4) is 0 Å². The van der Waals surface area contributed by atoms with E-state index in [1.54, 1.807) is 57.6 Å². The molecule has 0 bridgehead atoms. The molecule has 0 unspecified atom stereocenters. The van der Waals surface area contributed by atoms with E-state index in [4.69, 9.17) is 18.9 Å². The van der Waals surface area contributed by atoms with Crippen LogP contribution in [0.4, 0.5) is 0 Å². The molecule has 2 aromatic rings.